The van der Waals surface area contributed by atoms with Crippen molar-refractivity contribution in [3.8, 4) is 61.2 Å². The van der Waals surface area contributed by atoms with E-state index in [9.17, 15) is 0 Å². The number of furan rings is 1. The van der Waals surface area contributed by atoms with Gasteiger partial charge in [-0.05, 0) is 114 Å². The molecule has 1 aromatic carbocycles. The summed E-state index contributed by atoms with van der Waals surface area (Å²) in [4.78, 5) is 44.5. The minimum atomic E-state index is -2.34. The third-order valence-corrected chi connectivity index (χ3v) is 23.4. The number of hydrogen-bond donors (Lipinski definition) is 0. The van der Waals surface area contributed by atoms with Crippen molar-refractivity contribution in [3.63, 3.8) is 0 Å². The van der Waals surface area contributed by atoms with Gasteiger partial charge in [-0.3, -0.25) is 29.5 Å². The van der Waals surface area contributed by atoms with Crippen molar-refractivity contribution in [2.45, 2.75) is 32.7 Å². The Morgan fingerprint density at radius 2 is 0.806 bits per heavy atom. The van der Waals surface area contributed by atoms with Crippen LogP contribution in [0.15, 0.2) is 232 Å². The predicted octanol–water partition coefficient (Wildman–Crippen LogP) is 13.5. The average molecular weight is 1400 g/mol. The lowest BCUT2D eigenvalue weighted by Gasteiger charge is -2.03. The largest absolute Gasteiger partial charge is 0.437 e. The van der Waals surface area contributed by atoms with Gasteiger partial charge in [-0.15, -0.1) is 25.0 Å². The Balaban J connectivity index is 0.0000000830. The Morgan fingerprint density at radius 3 is 1.38 bits per heavy atom. The normalized spacial score (nSPS) is 13.5. The van der Waals surface area contributed by atoms with Gasteiger partial charge < -0.3 is 26.8 Å². The van der Waals surface area contributed by atoms with Crippen LogP contribution >= 0.6 is 34.0 Å². The maximum atomic E-state index is 7.84. The zero-order chi connectivity index (χ0) is 70.2. The molecule has 0 aliphatic carbocycles. The monoisotopic (exact) mass is 1400 g/mol. The molecule has 26 rings (SSSR count). The number of aromatic nitrogens is 18. The van der Waals surface area contributed by atoms with E-state index in [4.69, 9.17) is 21.8 Å². The van der Waals surface area contributed by atoms with E-state index in [0.717, 1.165) is 137 Å². The third kappa shape index (κ3) is 8.54. The Morgan fingerprint density at radius 1 is 0.369 bits per heavy atom. The van der Waals surface area contributed by atoms with Gasteiger partial charge in [-0.25, -0.2) is 24.9 Å². The summed E-state index contributed by atoms with van der Waals surface area (Å²) in [6, 6.07) is 39.9. The van der Waals surface area contributed by atoms with Crippen LogP contribution in [0.25, 0.3) is 169 Å². The van der Waals surface area contributed by atoms with Crippen molar-refractivity contribution < 1.29 is 44.6 Å². The minimum absolute atomic E-state index is 0.330. The summed E-state index contributed by atoms with van der Waals surface area (Å²) >= 11 is 5.39. The van der Waals surface area contributed by atoms with Crippen LogP contribution in [0.5, 0.6) is 0 Å². The highest BCUT2D eigenvalue weighted by atomic mass is 32.2. The first kappa shape index (κ1) is 54.9. The molecule has 0 unspecified atom stereocenters. The van der Waals surface area contributed by atoms with E-state index in [2.05, 4.69) is 120 Å². The van der Waals surface area contributed by atoms with Gasteiger partial charge in [0, 0.05) is 128 Å². The van der Waals surface area contributed by atoms with Crippen LogP contribution in [0.2, 0.25) is 0 Å². The first-order valence-corrected chi connectivity index (χ1v) is 35.6. The second-order valence-electron chi connectivity index (χ2n) is 25.4. The number of pyridine rings is 10. The molecule has 0 atom stereocenters. The number of para-hydroxylation sites is 1. The molecular weight excluding hydrogens is 1350 g/mol. The number of rotatable bonds is 1. The standard InChI is InChI=1S/C20H13N4O.2C15H11N4O.C14H8N3OS.C14H8N3S2/c1-2-5-14(6-3-1)24-16-7-4-9-22-17(16)18-20(24)25-19-15-8-10-21-11-13(15)12-23(18)19;2*1-18-11-3-2-5-17-12(11)13-15(18)20-14-10-4-6-16-7-9(10)8-19(13)14;2*1-2-10-11(16-4-1)12-14(18-10)19-13-9-3-5-15-6-8(9)7-17(12)13/h1-11H,12H2;2*2-7H,8H2,1H3;2*1-6H,7H2/q5*+1/i;1D3;;;. The van der Waals surface area contributed by atoms with Crippen LogP contribution in [0, 0.1) is 0 Å². The lowest BCUT2D eigenvalue weighted by Crippen LogP contribution is -2.30. The topological polar surface area (TPSA) is 216 Å². The summed E-state index contributed by atoms with van der Waals surface area (Å²) in [5, 5.41) is 2.57. The Kier molecular flexibility index (Phi) is 11.9. The van der Waals surface area contributed by atoms with Gasteiger partial charge >= 0.3 is 17.7 Å². The molecule has 0 fully saturated rings. The van der Waals surface area contributed by atoms with Crippen molar-refractivity contribution in [2.24, 2.45) is 14.0 Å². The summed E-state index contributed by atoms with van der Waals surface area (Å²) in [5.41, 5.74) is 28.3. The lowest BCUT2D eigenvalue weighted by atomic mass is 10.2. The molecule has 0 saturated carbocycles. The Bertz CT molecular complexity index is 7100. The average Bonchev–Trinajstić information content (AvgIpc) is 1.57. The first-order valence-electron chi connectivity index (χ1n) is 34.7. The molecule has 22 nitrogen and oxygen atoms in total. The number of hydrogen-bond acceptors (Lipinski definition) is 17. The summed E-state index contributed by atoms with van der Waals surface area (Å²) < 4.78 is 67.0. The fourth-order valence-corrected chi connectivity index (χ4v) is 19.1. The van der Waals surface area contributed by atoms with E-state index in [1.54, 1.807) is 48.3 Å². The van der Waals surface area contributed by atoms with Crippen LogP contribution in [-0.4, -0.2) is 63.5 Å². The molecule has 25 heteroatoms. The summed E-state index contributed by atoms with van der Waals surface area (Å²) in [5.74, 6) is 2.42. The zero-order valence-corrected chi connectivity index (χ0v) is 56.6. The number of fused-ring (bicyclic) bond motifs is 35. The highest BCUT2D eigenvalue weighted by Crippen LogP contribution is 2.44. The molecule has 25 heterocycles. The lowest BCUT2D eigenvalue weighted by molar-refractivity contribution is -0.648. The molecule has 0 spiro atoms. The van der Waals surface area contributed by atoms with Gasteiger partial charge in [0.2, 0.25) is 0 Å². The van der Waals surface area contributed by atoms with E-state index in [1.807, 2.05) is 169 Å². The molecule has 5 aliphatic rings. The smallest absolute Gasteiger partial charge is 0.383 e. The Hall–Kier alpha value is -13.0. The second kappa shape index (κ2) is 22.3. The van der Waals surface area contributed by atoms with Gasteiger partial charge in [0.05, 0.1) is 65.8 Å². The van der Waals surface area contributed by atoms with Gasteiger partial charge in [0.1, 0.15) is 0 Å². The molecular formula is C78H51N18O4S3+5. The minimum Gasteiger partial charge on any atom is -0.437 e. The van der Waals surface area contributed by atoms with Crippen LogP contribution < -0.4 is 22.8 Å². The van der Waals surface area contributed by atoms with Crippen molar-refractivity contribution in [2.75, 3.05) is 0 Å². The molecule has 0 amide bonds. The van der Waals surface area contributed by atoms with E-state index in [-0.39, 0.29) is 0 Å². The van der Waals surface area contributed by atoms with Gasteiger partial charge in [-0.1, -0.05) is 29.5 Å². The zero-order valence-electron chi connectivity index (χ0n) is 57.2. The second-order valence-corrected chi connectivity index (χ2v) is 28.7. The fourth-order valence-electron chi connectivity index (χ4n) is 15.3. The van der Waals surface area contributed by atoms with Gasteiger partial charge in [0.25, 0.3) is 59.6 Å². The van der Waals surface area contributed by atoms with Crippen molar-refractivity contribution in [1.82, 2.24) is 63.5 Å². The SMILES string of the molecule is Cn1c2cccnc2c2c1oc1[n+]2Cc2cnccc2-1.[2H]C([2H])([2H])n1c2cccnc2c2c1oc1[n+]2Cc2cnccc2-1.c1ccc(-n2c3cccnc3c3c2oc2[n+]3Cc3cnccc3-2)cc1.c1cnc2c(c1)oc1sc3[n+](c12)Cc1cnccc1-3.c1cnc2c(c1)sc1sc3[n+](c12)Cc1cnccc1-3. The van der Waals surface area contributed by atoms with Crippen LogP contribution in [-0.2, 0) is 46.7 Å². The predicted molar refractivity (Wildman–Crippen MR) is 389 cm³/mol. The third-order valence-electron chi connectivity index (χ3n) is 19.8. The number of nitrogens with zero attached hydrogens (tertiary/aromatic N) is 18. The number of thiazole rings is 2. The number of oxazole rings is 3. The van der Waals surface area contributed by atoms with Gasteiger partial charge in [-0.2, -0.15) is 9.13 Å². The first-order chi connectivity index (χ1) is 52.1. The Labute approximate surface area is 596 Å². The van der Waals surface area contributed by atoms with E-state index < -0.39 is 6.98 Å². The van der Waals surface area contributed by atoms with E-state index in [1.165, 1.54) is 62.2 Å². The maximum absolute atomic E-state index is 7.84. The van der Waals surface area contributed by atoms with Crippen molar-refractivity contribution in [3.05, 3.63) is 242 Å². The van der Waals surface area contributed by atoms with Gasteiger partial charge in [0.15, 0.2) is 69.9 Å². The van der Waals surface area contributed by atoms with Crippen molar-refractivity contribution in [1.29, 1.82) is 0 Å². The molecule has 0 bridgehead atoms. The fraction of sp³-hybridized carbons (Fsp3) is 0.0897. The van der Waals surface area contributed by atoms with Crippen LogP contribution in [0.4, 0.5) is 0 Å². The molecule has 103 heavy (non-hydrogen) atoms. The summed E-state index contributed by atoms with van der Waals surface area (Å²) in [6.07, 6.45) is 27.6. The molecule has 0 radical (unpaired) electrons. The maximum Gasteiger partial charge on any atom is 0.383 e. The van der Waals surface area contributed by atoms with E-state index in [0.29, 0.717) is 34.7 Å². The molecule has 20 aromatic heterocycles. The van der Waals surface area contributed by atoms with E-state index >= 15 is 0 Å². The van der Waals surface area contributed by atoms with Crippen molar-refractivity contribution >= 4 is 142 Å². The molecule has 490 valence electrons. The number of benzene rings is 1. The summed E-state index contributed by atoms with van der Waals surface area (Å²) in [6.45, 7) is 1.58. The highest BCUT2D eigenvalue weighted by molar-refractivity contribution is 7.42. The van der Waals surface area contributed by atoms with Crippen LogP contribution in [0.1, 0.15) is 31.9 Å². The quantitative estimate of drug-likeness (QED) is 0.140. The highest BCUT2D eigenvalue weighted by Gasteiger charge is 2.42. The number of thiophene rings is 1. The molecule has 0 N–H and O–H groups in total. The van der Waals surface area contributed by atoms with Crippen LogP contribution in [0.3, 0.4) is 0 Å². The summed E-state index contributed by atoms with van der Waals surface area (Å²) in [7, 11) is 2.01. The molecule has 5 aliphatic heterocycles. The molecule has 0 saturated heterocycles. The molecule has 21 aromatic rings. The number of aryl methyl sites for hydroxylation is 2.